The largest absolute Gasteiger partial charge is 0.390 e. The number of hydrogen-bond donors (Lipinski definition) is 1. The van der Waals surface area contributed by atoms with Gasteiger partial charge in [-0.05, 0) is 32.2 Å². The molecule has 16 heavy (non-hydrogen) atoms. The quantitative estimate of drug-likeness (QED) is 0.804. The monoisotopic (exact) mass is 236 g/mol. The van der Waals surface area contributed by atoms with Gasteiger partial charge in [0.25, 0.3) is 0 Å². The molecule has 0 amide bonds. The van der Waals surface area contributed by atoms with E-state index in [4.69, 9.17) is 0 Å². The van der Waals surface area contributed by atoms with Crippen molar-refractivity contribution in [1.29, 1.82) is 0 Å². The average molecular weight is 236 g/mol. The Morgan fingerprint density at radius 1 is 1.12 bits per heavy atom. The molecule has 1 heterocycles. The Morgan fingerprint density at radius 3 is 2.50 bits per heavy atom. The number of nitrogens with one attached hydrogen (secondary N) is 1. The third kappa shape index (κ3) is 4.29. The van der Waals surface area contributed by atoms with Gasteiger partial charge in [-0.1, -0.05) is 0 Å². The molecule has 0 radical (unpaired) electrons. The molecule has 0 spiro atoms. The molecule has 1 saturated carbocycles. The van der Waals surface area contributed by atoms with Crippen molar-refractivity contribution in [3.63, 3.8) is 0 Å². The van der Waals surface area contributed by atoms with Crippen molar-refractivity contribution >= 4 is 0 Å². The smallest absolute Gasteiger partial charge is 0.310 e. The maximum absolute atomic E-state index is 12.1. The van der Waals surface area contributed by atoms with Crippen molar-refractivity contribution < 1.29 is 13.2 Å². The Hall–Kier alpha value is -0.290. The van der Waals surface area contributed by atoms with E-state index in [1.165, 1.54) is 12.8 Å². The molecule has 1 saturated heterocycles. The molecule has 2 rings (SSSR count). The van der Waals surface area contributed by atoms with Crippen LogP contribution in [-0.2, 0) is 0 Å². The van der Waals surface area contributed by atoms with Gasteiger partial charge in [-0.2, -0.15) is 13.2 Å². The molecule has 2 nitrogen and oxygen atoms in total. The molecular weight excluding hydrogens is 217 g/mol. The van der Waals surface area contributed by atoms with Gasteiger partial charge in [-0.15, -0.1) is 0 Å². The zero-order valence-corrected chi connectivity index (χ0v) is 9.39. The van der Waals surface area contributed by atoms with Crippen LogP contribution in [0.25, 0.3) is 0 Å². The fraction of sp³-hybridized carbons (Fsp3) is 1.00. The predicted molar refractivity (Wildman–Crippen MR) is 56.3 cm³/mol. The van der Waals surface area contributed by atoms with Crippen molar-refractivity contribution in [2.75, 3.05) is 19.6 Å². The van der Waals surface area contributed by atoms with Gasteiger partial charge < -0.3 is 10.2 Å². The van der Waals surface area contributed by atoms with E-state index in [0.717, 1.165) is 25.9 Å². The molecular formula is C11H19F3N2. The summed E-state index contributed by atoms with van der Waals surface area (Å²) in [5.74, 6) is 0. The minimum Gasteiger partial charge on any atom is -0.310 e. The number of likely N-dealkylation sites (tertiary alicyclic amines) is 1. The fourth-order valence-corrected chi connectivity index (χ4v) is 2.26. The Morgan fingerprint density at radius 2 is 1.88 bits per heavy atom. The molecule has 1 aliphatic carbocycles. The third-order valence-corrected chi connectivity index (χ3v) is 3.27. The lowest BCUT2D eigenvalue weighted by Crippen LogP contribution is -2.47. The van der Waals surface area contributed by atoms with Gasteiger partial charge in [0.1, 0.15) is 0 Å². The second-order valence-corrected chi connectivity index (χ2v) is 4.95. The number of nitrogens with zero attached hydrogens (tertiary/aromatic N) is 1. The molecule has 0 aromatic carbocycles. The summed E-state index contributed by atoms with van der Waals surface area (Å²) in [6.07, 6.45) is -0.0978. The van der Waals surface area contributed by atoms with Crippen LogP contribution in [0.4, 0.5) is 13.2 Å². The highest BCUT2D eigenvalue weighted by atomic mass is 19.4. The number of rotatable bonds is 4. The second kappa shape index (κ2) is 4.92. The van der Waals surface area contributed by atoms with E-state index in [9.17, 15) is 13.2 Å². The Labute approximate surface area is 94.2 Å². The van der Waals surface area contributed by atoms with Crippen LogP contribution in [0.5, 0.6) is 0 Å². The normalized spacial score (nSPS) is 28.3. The Kier molecular flexibility index (Phi) is 3.74. The summed E-state index contributed by atoms with van der Waals surface area (Å²) >= 11 is 0. The summed E-state index contributed by atoms with van der Waals surface area (Å²) in [6, 6.07) is 1.06. The van der Waals surface area contributed by atoms with E-state index in [2.05, 4.69) is 5.32 Å². The van der Waals surface area contributed by atoms with E-state index in [1.54, 1.807) is 0 Å². The first-order valence-corrected chi connectivity index (χ1v) is 6.08. The van der Waals surface area contributed by atoms with Crippen LogP contribution in [0.3, 0.4) is 0 Å². The predicted octanol–water partition coefficient (Wildman–Crippen LogP) is 2.16. The van der Waals surface area contributed by atoms with Gasteiger partial charge in [0, 0.05) is 25.2 Å². The highest BCUT2D eigenvalue weighted by molar-refractivity contribution is 4.88. The molecule has 0 aromatic heterocycles. The van der Waals surface area contributed by atoms with Crippen LogP contribution in [0, 0.1) is 0 Å². The number of alkyl halides is 3. The van der Waals surface area contributed by atoms with Crippen molar-refractivity contribution in [3.8, 4) is 0 Å². The van der Waals surface area contributed by atoms with E-state index >= 15 is 0 Å². The highest BCUT2D eigenvalue weighted by Gasteiger charge is 2.31. The van der Waals surface area contributed by atoms with Crippen molar-refractivity contribution in [2.24, 2.45) is 0 Å². The van der Waals surface area contributed by atoms with Crippen molar-refractivity contribution in [2.45, 2.75) is 50.4 Å². The second-order valence-electron chi connectivity index (χ2n) is 4.95. The molecule has 2 aliphatic rings. The minimum atomic E-state index is -4.02. The maximum Gasteiger partial charge on any atom is 0.390 e. The molecule has 0 bridgehead atoms. The van der Waals surface area contributed by atoms with Crippen LogP contribution >= 0.6 is 0 Å². The topological polar surface area (TPSA) is 15.3 Å². The molecule has 5 heteroatoms. The molecule has 2 fully saturated rings. The molecule has 0 aromatic rings. The number of halogens is 3. The zero-order chi connectivity index (χ0) is 11.6. The maximum atomic E-state index is 12.1. The molecule has 1 atom stereocenters. The first-order chi connectivity index (χ1) is 7.53. The molecule has 1 unspecified atom stereocenters. The Bertz CT molecular complexity index is 226. The number of hydrogen-bond acceptors (Lipinski definition) is 2. The van der Waals surface area contributed by atoms with Gasteiger partial charge in [0.05, 0.1) is 6.42 Å². The van der Waals surface area contributed by atoms with E-state index in [-0.39, 0.29) is 6.54 Å². The van der Waals surface area contributed by atoms with Crippen LogP contribution in [0.1, 0.15) is 32.1 Å². The average Bonchev–Trinajstić information content (AvgIpc) is 2.98. The first-order valence-electron chi connectivity index (χ1n) is 6.08. The lowest BCUT2D eigenvalue weighted by atomic mass is 10.1. The van der Waals surface area contributed by atoms with Gasteiger partial charge >= 0.3 is 6.18 Å². The van der Waals surface area contributed by atoms with Crippen LogP contribution < -0.4 is 5.32 Å². The summed E-state index contributed by atoms with van der Waals surface area (Å²) in [6.45, 7) is 1.76. The van der Waals surface area contributed by atoms with Gasteiger partial charge in [-0.3, -0.25) is 0 Å². The van der Waals surface area contributed by atoms with Crippen LogP contribution in [-0.4, -0.2) is 42.8 Å². The van der Waals surface area contributed by atoms with E-state index in [1.807, 2.05) is 4.90 Å². The molecule has 1 N–H and O–H groups in total. The van der Waals surface area contributed by atoms with Crippen molar-refractivity contribution in [3.05, 3.63) is 0 Å². The third-order valence-electron chi connectivity index (χ3n) is 3.27. The van der Waals surface area contributed by atoms with E-state index in [0.29, 0.717) is 12.1 Å². The Balaban J connectivity index is 1.68. The summed E-state index contributed by atoms with van der Waals surface area (Å²) in [7, 11) is 0. The van der Waals surface area contributed by atoms with Gasteiger partial charge in [0.15, 0.2) is 0 Å². The fourth-order valence-electron chi connectivity index (χ4n) is 2.26. The molecule has 94 valence electrons. The van der Waals surface area contributed by atoms with Crippen LogP contribution in [0.15, 0.2) is 0 Å². The lowest BCUT2D eigenvalue weighted by Gasteiger charge is -2.33. The number of piperidine rings is 1. The standard InChI is InChI=1S/C11H19F3N2/c12-11(13,14)5-7-16-6-1-2-10(8-16)15-9-3-4-9/h9-10,15H,1-8H2. The lowest BCUT2D eigenvalue weighted by molar-refractivity contribution is -0.138. The molecule has 1 aliphatic heterocycles. The summed E-state index contributed by atoms with van der Waals surface area (Å²) < 4.78 is 36.3. The van der Waals surface area contributed by atoms with Crippen LogP contribution in [0.2, 0.25) is 0 Å². The summed E-state index contributed by atoms with van der Waals surface area (Å²) in [4.78, 5) is 1.94. The highest BCUT2D eigenvalue weighted by Crippen LogP contribution is 2.23. The van der Waals surface area contributed by atoms with Gasteiger partial charge in [-0.25, -0.2) is 0 Å². The van der Waals surface area contributed by atoms with E-state index < -0.39 is 12.6 Å². The zero-order valence-electron chi connectivity index (χ0n) is 9.39. The summed E-state index contributed by atoms with van der Waals surface area (Å²) in [5, 5.41) is 3.50. The summed E-state index contributed by atoms with van der Waals surface area (Å²) in [5.41, 5.74) is 0. The SMILES string of the molecule is FC(F)(F)CCN1CCCC(NC2CC2)C1. The van der Waals surface area contributed by atoms with Crippen molar-refractivity contribution in [1.82, 2.24) is 10.2 Å². The minimum absolute atomic E-state index is 0.159. The van der Waals surface area contributed by atoms with Gasteiger partial charge in [0.2, 0.25) is 0 Å². The first kappa shape index (κ1) is 12.2.